The highest BCUT2D eigenvalue weighted by atomic mass is 19.1. The number of ether oxygens (including phenoxy) is 1. The second-order valence-electron chi connectivity index (χ2n) is 3.89. The maximum absolute atomic E-state index is 12.9. The summed E-state index contributed by atoms with van der Waals surface area (Å²) in [4.78, 5) is 0. The van der Waals surface area contributed by atoms with Gasteiger partial charge in [0.15, 0.2) is 5.75 Å². The molecule has 2 aromatic rings. The minimum Gasteiger partial charge on any atom is -0.486 e. The number of aromatic nitrogens is 2. The second kappa shape index (κ2) is 4.99. The number of hydrogen-bond acceptors (Lipinski definition) is 2. The molecule has 3 nitrogen and oxygen atoms in total. The number of halogens is 1. The summed E-state index contributed by atoms with van der Waals surface area (Å²) in [6, 6.07) is 4.70. The minimum absolute atomic E-state index is 0.218. The Bertz CT molecular complexity index is 508. The van der Waals surface area contributed by atoms with Gasteiger partial charge in [0.2, 0.25) is 0 Å². The first-order valence-electron chi connectivity index (χ1n) is 5.59. The molecule has 1 aromatic heterocycles. The van der Waals surface area contributed by atoms with Crippen LogP contribution in [0.1, 0.15) is 18.1 Å². The number of hydrogen-bond donors (Lipinski definition) is 0. The molecule has 0 aliphatic rings. The van der Waals surface area contributed by atoms with Crippen molar-refractivity contribution < 1.29 is 9.13 Å². The van der Waals surface area contributed by atoms with Crippen molar-refractivity contribution in [2.45, 2.75) is 27.0 Å². The summed E-state index contributed by atoms with van der Waals surface area (Å²) in [5.41, 5.74) is 1.88. The maximum atomic E-state index is 12.9. The fourth-order valence-corrected chi connectivity index (χ4v) is 1.57. The molecule has 1 aromatic carbocycles. The van der Waals surface area contributed by atoms with E-state index in [9.17, 15) is 4.39 Å². The smallest absolute Gasteiger partial charge is 0.157 e. The molecule has 17 heavy (non-hydrogen) atoms. The molecule has 90 valence electrons. The van der Waals surface area contributed by atoms with E-state index < -0.39 is 0 Å². The lowest BCUT2D eigenvalue weighted by Gasteiger charge is -2.06. The van der Waals surface area contributed by atoms with Crippen molar-refractivity contribution in [2.75, 3.05) is 0 Å². The number of aryl methyl sites for hydroxylation is 2. The predicted octanol–water partition coefficient (Wildman–Crippen LogP) is 2.93. The quantitative estimate of drug-likeness (QED) is 0.813. The average molecular weight is 234 g/mol. The highest BCUT2D eigenvalue weighted by molar-refractivity contribution is 5.26. The van der Waals surface area contributed by atoms with Crippen molar-refractivity contribution in [3.63, 3.8) is 0 Å². The molecular weight excluding hydrogens is 219 g/mol. The van der Waals surface area contributed by atoms with Crippen LogP contribution in [-0.2, 0) is 13.2 Å². The van der Waals surface area contributed by atoms with E-state index in [1.165, 1.54) is 12.1 Å². The predicted molar refractivity (Wildman–Crippen MR) is 63.4 cm³/mol. The van der Waals surface area contributed by atoms with E-state index in [2.05, 4.69) is 5.10 Å². The Kier molecular flexibility index (Phi) is 3.42. The molecule has 0 atom stereocenters. The fourth-order valence-electron chi connectivity index (χ4n) is 1.57. The number of benzene rings is 1. The first-order chi connectivity index (χ1) is 8.19. The van der Waals surface area contributed by atoms with Crippen molar-refractivity contribution >= 4 is 0 Å². The topological polar surface area (TPSA) is 27.1 Å². The Balaban J connectivity index is 2.02. The van der Waals surface area contributed by atoms with Gasteiger partial charge in [0, 0.05) is 6.54 Å². The summed E-state index contributed by atoms with van der Waals surface area (Å²) in [6.45, 7) is 5.14. The zero-order valence-electron chi connectivity index (χ0n) is 9.98. The van der Waals surface area contributed by atoms with Gasteiger partial charge in [-0.05, 0) is 37.1 Å². The molecule has 4 heteroatoms. The molecule has 0 amide bonds. The molecule has 0 saturated carbocycles. The minimum atomic E-state index is -0.218. The third-order valence-corrected chi connectivity index (χ3v) is 2.63. The van der Waals surface area contributed by atoms with E-state index in [1.807, 2.05) is 20.0 Å². The summed E-state index contributed by atoms with van der Waals surface area (Å²) in [7, 11) is 0. The number of nitrogens with zero attached hydrogens (tertiary/aromatic N) is 2. The highest BCUT2D eigenvalue weighted by Gasteiger charge is 2.02. The van der Waals surface area contributed by atoms with Crippen LogP contribution in [0.5, 0.6) is 5.75 Å². The van der Waals surface area contributed by atoms with E-state index in [4.69, 9.17) is 4.74 Å². The van der Waals surface area contributed by atoms with Crippen molar-refractivity contribution in [2.24, 2.45) is 0 Å². The lowest BCUT2D eigenvalue weighted by atomic mass is 10.1. The van der Waals surface area contributed by atoms with Gasteiger partial charge >= 0.3 is 0 Å². The van der Waals surface area contributed by atoms with Crippen LogP contribution >= 0.6 is 0 Å². The van der Waals surface area contributed by atoms with Crippen LogP contribution in [-0.4, -0.2) is 9.78 Å². The van der Waals surface area contributed by atoms with E-state index in [1.54, 1.807) is 16.9 Å². The molecule has 0 N–H and O–H groups in total. The molecule has 0 bridgehead atoms. The molecule has 1 heterocycles. The van der Waals surface area contributed by atoms with E-state index in [0.717, 1.165) is 23.4 Å². The third-order valence-electron chi connectivity index (χ3n) is 2.63. The molecule has 2 rings (SSSR count). The van der Waals surface area contributed by atoms with Crippen molar-refractivity contribution in [1.82, 2.24) is 9.78 Å². The standard InChI is InChI=1S/C13H15FN2O/c1-3-16-8-13(7-15-16)17-9-11-4-5-12(14)6-10(11)2/h4-8H,3,9H2,1-2H3. The van der Waals surface area contributed by atoms with E-state index in [0.29, 0.717) is 6.61 Å². The fraction of sp³-hybridized carbons (Fsp3) is 0.308. The molecule has 0 unspecified atom stereocenters. The number of rotatable bonds is 4. The van der Waals surface area contributed by atoms with Gasteiger partial charge in [0.1, 0.15) is 12.4 Å². The van der Waals surface area contributed by atoms with Gasteiger partial charge in [0.25, 0.3) is 0 Å². The second-order valence-corrected chi connectivity index (χ2v) is 3.89. The maximum Gasteiger partial charge on any atom is 0.157 e. The van der Waals surface area contributed by atoms with Gasteiger partial charge in [-0.25, -0.2) is 4.39 Å². The van der Waals surface area contributed by atoms with Gasteiger partial charge in [-0.1, -0.05) is 6.07 Å². The van der Waals surface area contributed by atoms with Gasteiger partial charge in [-0.15, -0.1) is 0 Å². The SMILES string of the molecule is CCn1cc(OCc2ccc(F)cc2C)cn1. The molecule has 0 aliphatic heterocycles. The first kappa shape index (κ1) is 11.6. The molecule has 0 saturated heterocycles. The summed E-state index contributed by atoms with van der Waals surface area (Å²) in [5.74, 6) is 0.514. The molecule has 0 radical (unpaired) electrons. The Morgan fingerprint density at radius 1 is 1.41 bits per heavy atom. The normalized spacial score (nSPS) is 10.5. The summed E-state index contributed by atoms with van der Waals surface area (Å²) in [6.07, 6.45) is 3.53. The molecule has 0 fully saturated rings. The Labute approximate surface area is 99.8 Å². The van der Waals surface area contributed by atoms with Gasteiger partial charge in [-0.3, -0.25) is 4.68 Å². The van der Waals surface area contributed by atoms with Crippen LogP contribution in [0.4, 0.5) is 4.39 Å². The van der Waals surface area contributed by atoms with E-state index in [-0.39, 0.29) is 5.82 Å². The lowest BCUT2D eigenvalue weighted by molar-refractivity contribution is 0.305. The van der Waals surface area contributed by atoms with Crippen molar-refractivity contribution in [1.29, 1.82) is 0 Å². The van der Waals surface area contributed by atoms with E-state index >= 15 is 0 Å². The monoisotopic (exact) mass is 234 g/mol. The van der Waals surface area contributed by atoms with Crippen LogP contribution in [0.15, 0.2) is 30.6 Å². The zero-order chi connectivity index (χ0) is 12.3. The third kappa shape index (κ3) is 2.84. The molecular formula is C13H15FN2O. The zero-order valence-corrected chi connectivity index (χ0v) is 9.98. The molecule has 0 spiro atoms. The van der Waals surface area contributed by atoms with Crippen LogP contribution in [0.25, 0.3) is 0 Å². The van der Waals surface area contributed by atoms with Crippen molar-refractivity contribution in [3.05, 3.63) is 47.5 Å². The first-order valence-corrected chi connectivity index (χ1v) is 5.59. The van der Waals surface area contributed by atoms with Crippen LogP contribution in [0.3, 0.4) is 0 Å². The highest BCUT2D eigenvalue weighted by Crippen LogP contribution is 2.14. The Morgan fingerprint density at radius 2 is 2.24 bits per heavy atom. The van der Waals surface area contributed by atoms with Gasteiger partial charge in [0.05, 0.1) is 12.4 Å². The largest absolute Gasteiger partial charge is 0.486 e. The summed E-state index contributed by atoms with van der Waals surface area (Å²) in [5, 5.41) is 4.12. The van der Waals surface area contributed by atoms with Crippen molar-refractivity contribution in [3.8, 4) is 5.75 Å². The van der Waals surface area contributed by atoms with Gasteiger partial charge in [-0.2, -0.15) is 5.10 Å². The lowest BCUT2D eigenvalue weighted by Crippen LogP contribution is -1.98. The summed E-state index contributed by atoms with van der Waals surface area (Å²) < 4.78 is 20.3. The Morgan fingerprint density at radius 3 is 2.88 bits per heavy atom. The molecule has 0 aliphatic carbocycles. The van der Waals surface area contributed by atoms with Crippen LogP contribution in [0, 0.1) is 12.7 Å². The average Bonchev–Trinajstić information content (AvgIpc) is 2.76. The Hall–Kier alpha value is -1.84. The van der Waals surface area contributed by atoms with Crippen LogP contribution < -0.4 is 4.74 Å². The van der Waals surface area contributed by atoms with Crippen LogP contribution in [0.2, 0.25) is 0 Å². The summed E-state index contributed by atoms with van der Waals surface area (Å²) >= 11 is 0. The van der Waals surface area contributed by atoms with Gasteiger partial charge < -0.3 is 4.74 Å².